The third kappa shape index (κ3) is 4.60. The second-order valence-electron chi connectivity index (χ2n) is 6.89. The predicted molar refractivity (Wildman–Crippen MR) is 103 cm³/mol. The molecule has 140 valence electrons. The number of nitrogens with one attached hydrogen (secondary N) is 2. The second kappa shape index (κ2) is 8.80. The number of nitrogens with zero attached hydrogens (tertiary/aromatic N) is 4. The molecule has 0 aliphatic carbocycles. The predicted octanol–water partition coefficient (Wildman–Crippen LogP) is 1.63. The van der Waals surface area contributed by atoms with Gasteiger partial charge in [0, 0.05) is 63.8 Å². The summed E-state index contributed by atoms with van der Waals surface area (Å²) >= 11 is 0. The molecule has 3 heterocycles. The summed E-state index contributed by atoms with van der Waals surface area (Å²) < 4.78 is 2.15. The summed E-state index contributed by atoms with van der Waals surface area (Å²) in [4.78, 5) is 23.3. The maximum absolute atomic E-state index is 12.3. The van der Waals surface area contributed by atoms with Crippen molar-refractivity contribution >= 4 is 11.7 Å². The summed E-state index contributed by atoms with van der Waals surface area (Å²) in [5, 5.41) is 6.30. The lowest BCUT2D eigenvalue weighted by Gasteiger charge is -2.28. The zero-order chi connectivity index (χ0) is 18.4. The van der Waals surface area contributed by atoms with Crippen LogP contribution in [-0.4, -0.2) is 53.2 Å². The van der Waals surface area contributed by atoms with Crippen molar-refractivity contribution in [2.24, 2.45) is 0 Å². The summed E-state index contributed by atoms with van der Waals surface area (Å²) in [5.74, 6) is 2.35. The molecule has 1 aliphatic rings. The van der Waals surface area contributed by atoms with Crippen molar-refractivity contribution in [2.75, 3.05) is 37.6 Å². The van der Waals surface area contributed by atoms with Crippen LogP contribution in [0.15, 0.2) is 30.7 Å². The molecule has 7 nitrogen and oxygen atoms in total. The monoisotopic (exact) mass is 356 g/mol. The fourth-order valence-electron chi connectivity index (χ4n) is 3.17. The quantitative estimate of drug-likeness (QED) is 0.738. The van der Waals surface area contributed by atoms with Gasteiger partial charge in [-0.3, -0.25) is 4.79 Å². The standard InChI is InChI=1S/C19H28N6O/c1-15(2)18-21-9-13-25(18)10-3-6-22-19(26)16-4-5-17(23-14-16)24-11-7-20-8-12-24/h4-5,9,13-15,20H,3,6-8,10-12H2,1-2H3,(H,22,26). The van der Waals surface area contributed by atoms with Crippen molar-refractivity contribution in [3.8, 4) is 0 Å². The molecule has 2 aromatic heterocycles. The number of piperazine rings is 1. The Balaban J connectivity index is 1.45. The van der Waals surface area contributed by atoms with E-state index in [0.29, 0.717) is 18.0 Å². The third-order valence-electron chi connectivity index (χ3n) is 4.58. The Morgan fingerprint density at radius 3 is 2.77 bits per heavy atom. The molecule has 3 rings (SSSR count). The number of hydrogen-bond donors (Lipinski definition) is 2. The van der Waals surface area contributed by atoms with Crippen LogP contribution in [-0.2, 0) is 6.54 Å². The maximum Gasteiger partial charge on any atom is 0.252 e. The average molecular weight is 356 g/mol. The minimum Gasteiger partial charge on any atom is -0.354 e. The summed E-state index contributed by atoms with van der Waals surface area (Å²) in [6.07, 6.45) is 6.36. The lowest BCUT2D eigenvalue weighted by atomic mass is 10.2. The Labute approximate surface area is 154 Å². The van der Waals surface area contributed by atoms with Crippen LogP contribution in [0.25, 0.3) is 0 Å². The highest BCUT2D eigenvalue weighted by Gasteiger charge is 2.13. The van der Waals surface area contributed by atoms with Crippen LogP contribution in [0.3, 0.4) is 0 Å². The number of amides is 1. The van der Waals surface area contributed by atoms with Gasteiger partial charge in [0.25, 0.3) is 5.91 Å². The summed E-state index contributed by atoms with van der Waals surface area (Å²) in [7, 11) is 0. The van der Waals surface area contributed by atoms with Crippen molar-refractivity contribution < 1.29 is 4.79 Å². The summed E-state index contributed by atoms with van der Waals surface area (Å²) in [5.41, 5.74) is 0.606. The van der Waals surface area contributed by atoms with Crippen LogP contribution in [0.2, 0.25) is 0 Å². The molecule has 1 aliphatic heterocycles. The highest BCUT2D eigenvalue weighted by atomic mass is 16.1. The molecule has 1 fully saturated rings. The number of aromatic nitrogens is 3. The molecule has 0 saturated carbocycles. The fraction of sp³-hybridized carbons (Fsp3) is 0.526. The van der Waals surface area contributed by atoms with Crippen molar-refractivity contribution in [2.45, 2.75) is 32.7 Å². The molecule has 1 amide bonds. The van der Waals surface area contributed by atoms with E-state index >= 15 is 0 Å². The first kappa shape index (κ1) is 18.4. The Kier molecular flexibility index (Phi) is 6.22. The van der Waals surface area contributed by atoms with Gasteiger partial charge in [0.1, 0.15) is 11.6 Å². The molecule has 26 heavy (non-hydrogen) atoms. The summed E-state index contributed by atoms with van der Waals surface area (Å²) in [6.45, 7) is 9.60. The molecule has 0 atom stereocenters. The molecule has 0 unspecified atom stereocenters. The Morgan fingerprint density at radius 1 is 1.27 bits per heavy atom. The molecule has 7 heteroatoms. The van der Waals surface area contributed by atoms with Gasteiger partial charge in [-0.25, -0.2) is 9.97 Å². The van der Waals surface area contributed by atoms with Crippen LogP contribution in [0.1, 0.15) is 42.4 Å². The van der Waals surface area contributed by atoms with Gasteiger partial charge in [0.2, 0.25) is 0 Å². The van der Waals surface area contributed by atoms with E-state index in [2.05, 4.69) is 43.9 Å². The van der Waals surface area contributed by atoms with Gasteiger partial charge in [-0.15, -0.1) is 0 Å². The van der Waals surface area contributed by atoms with E-state index in [-0.39, 0.29) is 5.91 Å². The molecule has 0 aromatic carbocycles. The van der Waals surface area contributed by atoms with Crippen LogP contribution in [0.5, 0.6) is 0 Å². The van der Waals surface area contributed by atoms with Crippen LogP contribution in [0.4, 0.5) is 5.82 Å². The van der Waals surface area contributed by atoms with E-state index in [0.717, 1.165) is 50.8 Å². The Hall–Kier alpha value is -2.41. The van der Waals surface area contributed by atoms with E-state index in [1.165, 1.54) is 0 Å². The van der Waals surface area contributed by atoms with Gasteiger partial charge >= 0.3 is 0 Å². The second-order valence-corrected chi connectivity index (χ2v) is 6.89. The first-order valence-corrected chi connectivity index (χ1v) is 9.36. The SMILES string of the molecule is CC(C)c1nccn1CCCNC(=O)c1ccc(N2CCNCC2)nc1. The lowest BCUT2D eigenvalue weighted by molar-refractivity contribution is 0.0952. The van der Waals surface area contributed by atoms with Crippen molar-refractivity contribution in [1.82, 2.24) is 25.2 Å². The molecule has 2 aromatic rings. The highest BCUT2D eigenvalue weighted by molar-refractivity contribution is 5.94. The zero-order valence-electron chi connectivity index (χ0n) is 15.6. The van der Waals surface area contributed by atoms with Crippen molar-refractivity contribution in [3.63, 3.8) is 0 Å². The minimum atomic E-state index is -0.0703. The number of anilines is 1. The Bertz CT molecular complexity index is 703. The topological polar surface area (TPSA) is 75.1 Å². The van der Waals surface area contributed by atoms with Gasteiger partial charge in [-0.2, -0.15) is 0 Å². The molecular weight excluding hydrogens is 328 g/mol. The number of aryl methyl sites for hydroxylation is 1. The van der Waals surface area contributed by atoms with Gasteiger partial charge in [-0.1, -0.05) is 13.8 Å². The highest BCUT2D eigenvalue weighted by Crippen LogP contribution is 2.13. The largest absolute Gasteiger partial charge is 0.354 e. The Morgan fingerprint density at radius 2 is 2.08 bits per heavy atom. The van der Waals surface area contributed by atoms with Crippen molar-refractivity contribution in [3.05, 3.63) is 42.1 Å². The van der Waals surface area contributed by atoms with E-state index < -0.39 is 0 Å². The molecular formula is C19H28N6O. The normalized spacial score (nSPS) is 14.7. The van der Waals surface area contributed by atoms with Crippen LogP contribution in [0, 0.1) is 0 Å². The number of hydrogen-bond acceptors (Lipinski definition) is 5. The van der Waals surface area contributed by atoms with Crippen LogP contribution < -0.4 is 15.5 Å². The van der Waals surface area contributed by atoms with E-state index in [1.807, 2.05) is 24.5 Å². The lowest BCUT2D eigenvalue weighted by Crippen LogP contribution is -2.43. The van der Waals surface area contributed by atoms with Crippen LogP contribution >= 0.6 is 0 Å². The number of pyridine rings is 1. The maximum atomic E-state index is 12.3. The number of imidazole rings is 1. The molecule has 0 spiro atoms. The average Bonchev–Trinajstić information content (AvgIpc) is 3.15. The van der Waals surface area contributed by atoms with Gasteiger partial charge in [-0.05, 0) is 18.6 Å². The fourth-order valence-corrected chi connectivity index (χ4v) is 3.17. The zero-order valence-corrected chi connectivity index (χ0v) is 15.6. The number of carbonyl (C=O) groups excluding carboxylic acids is 1. The van der Waals surface area contributed by atoms with E-state index in [4.69, 9.17) is 0 Å². The van der Waals surface area contributed by atoms with E-state index in [1.54, 1.807) is 6.20 Å². The molecule has 1 saturated heterocycles. The number of carbonyl (C=O) groups is 1. The molecule has 2 N–H and O–H groups in total. The first-order chi connectivity index (χ1) is 12.6. The van der Waals surface area contributed by atoms with Gasteiger partial charge < -0.3 is 20.1 Å². The van der Waals surface area contributed by atoms with Crippen molar-refractivity contribution in [1.29, 1.82) is 0 Å². The summed E-state index contributed by atoms with van der Waals surface area (Å²) in [6, 6.07) is 3.78. The first-order valence-electron chi connectivity index (χ1n) is 9.36. The molecule has 0 bridgehead atoms. The van der Waals surface area contributed by atoms with Gasteiger partial charge in [0.15, 0.2) is 0 Å². The third-order valence-corrected chi connectivity index (χ3v) is 4.58. The van der Waals surface area contributed by atoms with Gasteiger partial charge in [0.05, 0.1) is 5.56 Å². The minimum absolute atomic E-state index is 0.0703. The van der Waals surface area contributed by atoms with E-state index in [9.17, 15) is 4.79 Å². The molecule has 0 radical (unpaired) electrons. The number of rotatable bonds is 7. The smallest absolute Gasteiger partial charge is 0.252 e.